The molecule has 116 valence electrons. The molecule has 1 aromatic rings. The molecule has 0 amide bonds. The molecule has 0 atom stereocenters. The molecule has 0 saturated heterocycles. The predicted octanol–water partition coefficient (Wildman–Crippen LogP) is 3.65. The first-order valence-electron chi connectivity index (χ1n) is 8.16. The third-order valence-electron chi connectivity index (χ3n) is 5.51. The Morgan fingerprint density at radius 2 is 1.68 bits per heavy atom. The zero-order valence-electron chi connectivity index (χ0n) is 13.0. The molecule has 4 heteroatoms. The maximum absolute atomic E-state index is 10.9. The molecule has 1 spiro atoms. The number of rotatable bonds is 2. The van der Waals surface area contributed by atoms with Crippen LogP contribution in [0, 0.1) is 12.3 Å². The molecule has 1 aliphatic heterocycles. The second-order valence-electron chi connectivity index (χ2n) is 7.13. The third-order valence-corrected chi connectivity index (χ3v) is 5.51. The van der Waals surface area contributed by atoms with Crippen molar-refractivity contribution in [2.45, 2.75) is 51.0 Å². The second-order valence-corrected chi connectivity index (χ2v) is 7.13. The molecule has 2 saturated carbocycles. The lowest BCUT2D eigenvalue weighted by molar-refractivity contribution is 0.197. The Balaban J connectivity index is 1.75. The number of ether oxygens (including phenoxy) is 2. The van der Waals surface area contributed by atoms with Crippen molar-refractivity contribution in [2.75, 3.05) is 13.2 Å². The topological polar surface area (TPSA) is 47.9 Å². The number of aryl methyl sites for hydroxylation is 1. The quantitative estimate of drug-likeness (QED) is 0.618. The lowest BCUT2D eigenvalue weighted by atomic mass is 9.85. The van der Waals surface area contributed by atoms with Gasteiger partial charge in [0.05, 0.1) is 18.8 Å². The first kappa shape index (κ1) is 13.8. The van der Waals surface area contributed by atoms with E-state index in [2.05, 4.69) is 18.0 Å². The van der Waals surface area contributed by atoms with Crippen molar-refractivity contribution < 1.29 is 14.3 Å². The van der Waals surface area contributed by atoms with Crippen molar-refractivity contribution in [2.24, 2.45) is 10.4 Å². The van der Waals surface area contributed by atoms with E-state index < -0.39 is 5.54 Å². The summed E-state index contributed by atoms with van der Waals surface area (Å²) in [6.07, 6.45) is 8.19. The van der Waals surface area contributed by atoms with Gasteiger partial charge in [-0.25, -0.2) is 4.79 Å². The van der Waals surface area contributed by atoms with Crippen LogP contribution in [0.15, 0.2) is 17.1 Å². The molecular weight excluding hydrogens is 278 g/mol. The highest BCUT2D eigenvalue weighted by Crippen LogP contribution is 2.51. The van der Waals surface area contributed by atoms with Crippen LogP contribution in [0.5, 0.6) is 11.5 Å². The van der Waals surface area contributed by atoms with E-state index >= 15 is 0 Å². The Bertz CT molecular complexity index is 651. The standard InChI is InChI=1S/C18H21NO3/c1-13-8-15-16(22-11-17(6-7-17)10-21-15)9-14(13)18(19-12-20)4-2-3-5-18/h8-9H,2-7,10-11H2,1H3. The van der Waals surface area contributed by atoms with Crippen LogP contribution in [0.25, 0.3) is 0 Å². The highest BCUT2D eigenvalue weighted by atomic mass is 16.5. The molecule has 3 aliphatic rings. The maximum atomic E-state index is 10.9. The average molecular weight is 299 g/mol. The van der Waals surface area contributed by atoms with E-state index in [4.69, 9.17) is 9.47 Å². The van der Waals surface area contributed by atoms with Gasteiger partial charge in [0.1, 0.15) is 0 Å². The molecule has 2 aliphatic carbocycles. The minimum atomic E-state index is -0.409. The van der Waals surface area contributed by atoms with Gasteiger partial charge in [0.25, 0.3) is 0 Å². The van der Waals surface area contributed by atoms with Crippen LogP contribution < -0.4 is 9.47 Å². The molecule has 4 nitrogen and oxygen atoms in total. The molecule has 0 radical (unpaired) electrons. The summed E-state index contributed by atoms with van der Waals surface area (Å²) in [5.74, 6) is 1.63. The Kier molecular flexibility index (Phi) is 3.05. The number of hydrogen-bond donors (Lipinski definition) is 0. The lowest BCUT2D eigenvalue weighted by Gasteiger charge is -2.26. The molecule has 1 aromatic carbocycles. The average Bonchev–Trinajstić information content (AvgIpc) is 3.18. The molecule has 2 fully saturated rings. The van der Waals surface area contributed by atoms with Crippen LogP contribution >= 0.6 is 0 Å². The summed E-state index contributed by atoms with van der Waals surface area (Å²) in [6, 6.07) is 4.10. The summed E-state index contributed by atoms with van der Waals surface area (Å²) < 4.78 is 12.0. The van der Waals surface area contributed by atoms with Gasteiger partial charge < -0.3 is 9.47 Å². The first-order chi connectivity index (χ1) is 10.7. The van der Waals surface area contributed by atoms with Crippen LogP contribution in [0.1, 0.15) is 49.7 Å². The van der Waals surface area contributed by atoms with Crippen LogP contribution in [0.3, 0.4) is 0 Å². The SMILES string of the molecule is Cc1cc2c(cc1C1(N=C=O)CCCC1)OCC1(CC1)CO2. The first-order valence-corrected chi connectivity index (χ1v) is 8.16. The highest BCUT2D eigenvalue weighted by Gasteiger charge is 2.46. The predicted molar refractivity (Wildman–Crippen MR) is 82.1 cm³/mol. The van der Waals surface area contributed by atoms with Crippen LogP contribution in [-0.2, 0) is 10.3 Å². The van der Waals surface area contributed by atoms with E-state index in [1.54, 1.807) is 6.08 Å². The number of fused-ring (bicyclic) bond motifs is 1. The van der Waals surface area contributed by atoms with Gasteiger partial charge in [0, 0.05) is 5.41 Å². The van der Waals surface area contributed by atoms with E-state index in [9.17, 15) is 4.79 Å². The fourth-order valence-corrected chi connectivity index (χ4v) is 3.85. The van der Waals surface area contributed by atoms with Crippen molar-refractivity contribution in [1.29, 1.82) is 0 Å². The largest absolute Gasteiger partial charge is 0.489 e. The van der Waals surface area contributed by atoms with Crippen LogP contribution in [-0.4, -0.2) is 19.3 Å². The fourth-order valence-electron chi connectivity index (χ4n) is 3.85. The number of aliphatic imine (C=N–C) groups is 1. The summed E-state index contributed by atoms with van der Waals surface area (Å²) in [4.78, 5) is 15.1. The van der Waals surface area contributed by atoms with Gasteiger partial charge in [-0.05, 0) is 55.9 Å². The molecule has 0 N–H and O–H groups in total. The Morgan fingerprint density at radius 3 is 2.27 bits per heavy atom. The highest BCUT2D eigenvalue weighted by molar-refractivity contribution is 5.51. The zero-order valence-corrected chi connectivity index (χ0v) is 13.0. The van der Waals surface area contributed by atoms with Gasteiger partial charge in [-0.3, -0.25) is 0 Å². The van der Waals surface area contributed by atoms with Gasteiger partial charge in [0.15, 0.2) is 11.5 Å². The molecule has 22 heavy (non-hydrogen) atoms. The smallest absolute Gasteiger partial charge is 0.235 e. The Labute approximate surface area is 130 Å². The molecule has 0 bridgehead atoms. The van der Waals surface area contributed by atoms with E-state index in [0.29, 0.717) is 0 Å². The van der Waals surface area contributed by atoms with Crippen molar-refractivity contribution in [1.82, 2.24) is 0 Å². The fraction of sp³-hybridized carbons (Fsp3) is 0.611. The monoisotopic (exact) mass is 299 g/mol. The summed E-state index contributed by atoms with van der Waals surface area (Å²) in [5.41, 5.74) is 2.05. The lowest BCUT2D eigenvalue weighted by Crippen LogP contribution is -2.20. The maximum Gasteiger partial charge on any atom is 0.235 e. The minimum Gasteiger partial charge on any atom is -0.489 e. The van der Waals surface area contributed by atoms with Crippen LogP contribution in [0.2, 0.25) is 0 Å². The summed E-state index contributed by atoms with van der Waals surface area (Å²) >= 11 is 0. The van der Waals surface area contributed by atoms with Gasteiger partial charge >= 0.3 is 0 Å². The molecule has 0 unspecified atom stereocenters. The number of benzene rings is 1. The van der Waals surface area contributed by atoms with E-state index in [1.165, 1.54) is 12.8 Å². The van der Waals surface area contributed by atoms with E-state index in [0.717, 1.165) is 61.5 Å². The summed E-state index contributed by atoms with van der Waals surface area (Å²) in [5, 5.41) is 0. The van der Waals surface area contributed by atoms with Gasteiger partial charge in [-0.1, -0.05) is 12.8 Å². The van der Waals surface area contributed by atoms with Gasteiger partial charge in [-0.15, -0.1) is 0 Å². The van der Waals surface area contributed by atoms with Gasteiger partial charge in [0.2, 0.25) is 6.08 Å². The number of carbonyl (C=O) groups excluding carboxylic acids is 1. The minimum absolute atomic E-state index is 0.235. The number of isocyanates is 1. The van der Waals surface area contributed by atoms with Crippen molar-refractivity contribution in [3.63, 3.8) is 0 Å². The molecular formula is C18H21NO3. The molecule has 4 rings (SSSR count). The van der Waals surface area contributed by atoms with Crippen molar-refractivity contribution in [3.05, 3.63) is 23.3 Å². The van der Waals surface area contributed by atoms with Crippen LogP contribution in [0.4, 0.5) is 0 Å². The second kappa shape index (κ2) is 4.85. The van der Waals surface area contributed by atoms with Crippen molar-refractivity contribution in [3.8, 4) is 11.5 Å². The summed E-state index contributed by atoms with van der Waals surface area (Å²) in [7, 11) is 0. The summed E-state index contributed by atoms with van der Waals surface area (Å²) in [6.45, 7) is 3.54. The van der Waals surface area contributed by atoms with Crippen molar-refractivity contribution >= 4 is 6.08 Å². The molecule has 1 heterocycles. The normalized spacial score (nSPS) is 23.7. The van der Waals surface area contributed by atoms with E-state index in [1.807, 2.05) is 6.07 Å². The third kappa shape index (κ3) is 2.14. The molecule has 0 aromatic heterocycles. The van der Waals surface area contributed by atoms with E-state index in [-0.39, 0.29) is 5.41 Å². The van der Waals surface area contributed by atoms with Gasteiger partial charge in [-0.2, -0.15) is 4.99 Å². The number of nitrogens with zero attached hydrogens (tertiary/aromatic N) is 1. The number of hydrogen-bond acceptors (Lipinski definition) is 4. The Morgan fingerprint density at radius 1 is 1.05 bits per heavy atom. The zero-order chi connectivity index (χ0) is 15.2. The Hall–Kier alpha value is -1.80.